The van der Waals surface area contributed by atoms with Crippen LogP contribution in [-0.2, 0) is 16.1 Å². The number of benzene rings is 1. The second kappa shape index (κ2) is 8.24. The third kappa shape index (κ3) is 4.12. The lowest BCUT2D eigenvalue weighted by Crippen LogP contribution is -2.44. The highest BCUT2D eigenvalue weighted by Gasteiger charge is 2.49. The Kier molecular flexibility index (Phi) is 5.53. The number of carbonyl (C=O) groups excluding carboxylic acids is 2. The van der Waals surface area contributed by atoms with Crippen LogP contribution in [-0.4, -0.2) is 41.8 Å². The summed E-state index contributed by atoms with van der Waals surface area (Å²) in [5.41, 5.74) is 0.997. The number of aromatic nitrogens is 2. The van der Waals surface area contributed by atoms with E-state index in [1.807, 2.05) is 0 Å². The van der Waals surface area contributed by atoms with Crippen LogP contribution in [0.3, 0.4) is 0 Å². The first kappa shape index (κ1) is 19.4. The zero-order valence-corrected chi connectivity index (χ0v) is 16.6. The number of nitrogens with zero attached hydrogens (tertiary/aromatic N) is 2. The van der Waals surface area contributed by atoms with Gasteiger partial charge >= 0.3 is 0 Å². The fraction of sp³-hybridized carbons (Fsp3) is 0.476. The molecular weight excluding hydrogens is 370 g/mol. The molecule has 2 amide bonds. The van der Waals surface area contributed by atoms with Gasteiger partial charge in [-0.25, -0.2) is 0 Å². The third-order valence-electron chi connectivity index (χ3n) is 6.06. The highest BCUT2D eigenvalue weighted by atomic mass is 16.5. The maximum Gasteiger partial charge on any atom is 0.246 e. The van der Waals surface area contributed by atoms with E-state index in [-0.39, 0.29) is 23.8 Å². The Hall–Kier alpha value is -2.87. The van der Waals surface area contributed by atoms with E-state index in [4.69, 9.17) is 4.74 Å². The summed E-state index contributed by atoms with van der Waals surface area (Å²) in [5.74, 6) is 1.01. The van der Waals surface area contributed by atoms with Gasteiger partial charge in [-0.05, 0) is 49.6 Å². The zero-order valence-electron chi connectivity index (χ0n) is 16.6. The number of fused-ring (bicyclic) bond motifs is 1. The van der Waals surface area contributed by atoms with Crippen LogP contribution in [0.15, 0.2) is 36.7 Å². The molecule has 2 fully saturated rings. The summed E-state index contributed by atoms with van der Waals surface area (Å²) in [6.07, 6.45) is 7.61. The van der Waals surface area contributed by atoms with Crippen molar-refractivity contribution in [2.75, 3.05) is 30.8 Å². The van der Waals surface area contributed by atoms with Crippen molar-refractivity contribution in [1.29, 1.82) is 0 Å². The quantitative estimate of drug-likeness (QED) is 0.695. The molecule has 4 rings (SSSR count). The molecule has 1 saturated carbocycles. The number of methoxy groups -OCH3 is 1. The number of hydrogen-bond donors (Lipinski definition) is 3. The topological polar surface area (TPSA) is 97.3 Å². The molecule has 1 saturated heterocycles. The molecule has 2 aromatic rings. The van der Waals surface area contributed by atoms with Crippen LogP contribution in [0.4, 0.5) is 11.4 Å². The lowest BCUT2D eigenvalue weighted by atomic mass is 9.67. The summed E-state index contributed by atoms with van der Waals surface area (Å²) in [6.45, 7) is 1.72. The summed E-state index contributed by atoms with van der Waals surface area (Å²) in [6, 6.07) is 7.13. The van der Waals surface area contributed by atoms with Crippen molar-refractivity contribution in [3.63, 3.8) is 0 Å². The Balaban J connectivity index is 1.34. The summed E-state index contributed by atoms with van der Waals surface area (Å²) in [4.78, 5) is 25.3. The number of nitrogens with one attached hydrogen (secondary N) is 3. The van der Waals surface area contributed by atoms with E-state index in [2.05, 4.69) is 21.0 Å². The van der Waals surface area contributed by atoms with E-state index < -0.39 is 0 Å². The molecule has 1 aliphatic heterocycles. The summed E-state index contributed by atoms with van der Waals surface area (Å²) in [5, 5.41) is 13.4. The molecular formula is C21H27N5O3. The molecule has 2 aliphatic rings. The smallest absolute Gasteiger partial charge is 0.246 e. The van der Waals surface area contributed by atoms with Crippen molar-refractivity contribution in [3.8, 4) is 5.75 Å². The first-order valence-electron chi connectivity index (χ1n) is 10.1. The number of ether oxygens (including phenoxy) is 1. The molecule has 2 atom stereocenters. The monoisotopic (exact) mass is 397 g/mol. The Labute approximate surface area is 170 Å². The number of rotatable bonds is 6. The van der Waals surface area contributed by atoms with Gasteiger partial charge in [-0.3, -0.25) is 14.3 Å². The number of anilines is 2. The minimum absolute atomic E-state index is 0.0643. The highest BCUT2D eigenvalue weighted by Crippen LogP contribution is 2.44. The van der Waals surface area contributed by atoms with Gasteiger partial charge in [0.05, 0.1) is 24.4 Å². The molecule has 1 aliphatic carbocycles. The first-order valence-corrected chi connectivity index (χ1v) is 10.1. The Morgan fingerprint density at radius 3 is 2.86 bits per heavy atom. The average Bonchev–Trinajstić information content (AvgIpc) is 3.36. The molecule has 154 valence electrons. The molecule has 2 heterocycles. The summed E-state index contributed by atoms with van der Waals surface area (Å²) in [7, 11) is 1.60. The van der Waals surface area contributed by atoms with Crippen molar-refractivity contribution in [1.82, 2.24) is 15.1 Å². The van der Waals surface area contributed by atoms with E-state index in [1.54, 1.807) is 43.8 Å². The molecule has 0 spiro atoms. The fourth-order valence-corrected chi connectivity index (χ4v) is 4.48. The molecule has 0 radical (unpaired) electrons. The fourth-order valence-electron chi connectivity index (χ4n) is 4.48. The number of hydrogen-bond acceptors (Lipinski definition) is 5. The lowest BCUT2D eigenvalue weighted by Gasteiger charge is -2.36. The largest absolute Gasteiger partial charge is 0.497 e. The molecule has 8 heteroatoms. The van der Waals surface area contributed by atoms with Crippen LogP contribution in [0.1, 0.15) is 25.7 Å². The first-order chi connectivity index (χ1) is 14.1. The van der Waals surface area contributed by atoms with Gasteiger partial charge < -0.3 is 20.7 Å². The number of carbonyl (C=O) groups is 2. The Morgan fingerprint density at radius 1 is 1.24 bits per heavy atom. The van der Waals surface area contributed by atoms with Crippen LogP contribution in [0.2, 0.25) is 0 Å². The van der Waals surface area contributed by atoms with Gasteiger partial charge in [-0.15, -0.1) is 0 Å². The van der Waals surface area contributed by atoms with E-state index >= 15 is 0 Å². The maximum absolute atomic E-state index is 13.0. The third-order valence-corrected chi connectivity index (χ3v) is 6.06. The van der Waals surface area contributed by atoms with Crippen LogP contribution >= 0.6 is 0 Å². The predicted octanol–water partition coefficient (Wildman–Crippen LogP) is 2.25. The molecule has 29 heavy (non-hydrogen) atoms. The van der Waals surface area contributed by atoms with E-state index in [0.29, 0.717) is 17.3 Å². The Morgan fingerprint density at radius 2 is 2.07 bits per heavy atom. The SMILES string of the molecule is COc1ccc(NC(=O)Cn2cc(NC(=O)[C@@]34CCCC[C@H]3CNC4)cn2)cc1. The molecule has 0 bridgehead atoms. The highest BCUT2D eigenvalue weighted by molar-refractivity contribution is 5.96. The lowest BCUT2D eigenvalue weighted by molar-refractivity contribution is -0.128. The van der Waals surface area contributed by atoms with Crippen LogP contribution < -0.4 is 20.7 Å². The van der Waals surface area contributed by atoms with Gasteiger partial charge in [0.25, 0.3) is 0 Å². The second-order valence-electron chi connectivity index (χ2n) is 7.89. The van der Waals surface area contributed by atoms with Crippen molar-refractivity contribution < 1.29 is 14.3 Å². The van der Waals surface area contributed by atoms with Crippen LogP contribution in [0.5, 0.6) is 5.75 Å². The maximum atomic E-state index is 13.0. The normalized spacial score (nSPS) is 23.3. The summed E-state index contributed by atoms with van der Waals surface area (Å²) >= 11 is 0. The molecule has 1 aromatic carbocycles. The van der Waals surface area contributed by atoms with Crippen LogP contribution in [0.25, 0.3) is 0 Å². The van der Waals surface area contributed by atoms with E-state index in [9.17, 15) is 9.59 Å². The summed E-state index contributed by atoms with van der Waals surface area (Å²) < 4.78 is 6.63. The minimum Gasteiger partial charge on any atom is -0.497 e. The standard InChI is InChI=1S/C21H27N5O3/c1-29-18-7-5-16(6-8-18)24-19(27)13-26-12-17(11-23-26)25-20(28)21-9-3-2-4-15(21)10-22-14-21/h5-8,11-12,15,22H,2-4,9-10,13-14H2,1H3,(H,24,27)(H,25,28)/t15-,21+/m0/s1. The Bertz CT molecular complexity index is 879. The van der Waals surface area contributed by atoms with Gasteiger partial charge in [0.2, 0.25) is 11.8 Å². The van der Waals surface area contributed by atoms with Gasteiger partial charge in [0.1, 0.15) is 12.3 Å². The van der Waals surface area contributed by atoms with Crippen LogP contribution in [0, 0.1) is 11.3 Å². The van der Waals surface area contributed by atoms with Gasteiger partial charge in [0, 0.05) is 18.4 Å². The van der Waals surface area contributed by atoms with Crippen molar-refractivity contribution in [3.05, 3.63) is 36.7 Å². The van der Waals surface area contributed by atoms with Gasteiger partial charge in [-0.2, -0.15) is 5.10 Å². The van der Waals surface area contributed by atoms with Crippen molar-refractivity contribution >= 4 is 23.2 Å². The second-order valence-corrected chi connectivity index (χ2v) is 7.89. The molecule has 8 nitrogen and oxygen atoms in total. The van der Waals surface area contributed by atoms with Crippen molar-refractivity contribution in [2.24, 2.45) is 11.3 Å². The van der Waals surface area contributed by atoms with Gasteiger partial charge in [0.15, 0.2) is 0 Å². The predicted molar refractivity (Wildman–Crippen MR) is 110 cm³/mol. The molecule has 0 unspecified atom stereocenters. The van der Waals surface area contributed by atoms with E-state index in [0.717, 1.165) is 38.1 Å². The minimum atomic E-state index is -0.313. The average molecular weight is 397 g/mol. The van der Waals surface area contributed by atoms with Gasteiger partial charge in [-0.1, -0.05) is 12.8 Å². The van der Waals surface area contributed by atoms with E-state index in [1.165, 1.54) is 11.1 Å². The molecule has 3 N–H and O–H groups in total. The number of amides is 2. The molecule has 1 aromatic heterocycles. The van der Waals surface area contributed by atoms with Crippen molar-refractivity contribution in [2.45, 2.75) is 32.2 Å². The zero-order chi connectivity index (χ0) is 20.3.